The maximum atomic E-state index is 5.58. The molecule has 1 aromatic heterocycles. The highest BCUT2D eigenvalue weighted by Gasteiger charge is 2.22. The third-order valence-electron chi connectivity index (χ3n) is 3.27. The summed E-state index contributed by atoms with van der Waals surface area (Å²) in [7, 11) is 4.13. The summed E-state index contributed by atoms with van der Waals surface area (Å²) in [5.41, 5.74) is 1.07. The third kappa shape index (κ3) is 2.83. The van der Waals surface area contributed by atoms with Gasteiger partial charge in [0.15, 0.2) is 5.89 Å². The van der Waals surface area contributed by atoms with E-state index in [0.717, 1.165) is 37.6 Å². The molecule has 1 aliphatic heterocycles. The van der Waals surface area contributed by atoms with Crippen LogP contribution in [-0.2, 0) is 6.42 Å². The first kappa shape index (κ1) is 11.6. The van der Waals surface area contributed by atoms with Gasteiger partial charge in [-0.3, -0.25) is 0 Å². The molecule has 0 radical (unpaired) electrons. The predicted octanol–water partition coefficient (Wildman–Crippen LogP) is 1.25. The second-order valence-corrected chi connectivity index (χ2v) is 4.61. The van der Waals surface area contributed by atoms with Crippen molar-refractivity contribution in [3.63, 3.8) is 0 Å². The lowest BCUT2D eigenvalue weighted by atomic mass is 9.97. The molecule has 0 aliphatic carbocycles. The molecule has 1 saturated heterocycles. The normalized spacial score (nSPS) is 19.1. The van der Waals surface area contributed by atoms with Crippen molar-refractivity contribution in [1.82, 2.24) is 15.2 Å². The van der Waals surface area contributed by atoms with Crippen molar-refractivity contribution < 1.29 is 4.42 Å². The molecular formula is C12H21N3O. The van der Waals surface area contributed by atoms with Crippen molar-refractivity contribution in [1.29, 1.82) is 0 Å². The zero-order valence-electron chi connectivity index (χ0n) is 10.2. The number of likely N-dealkylation sites (N-methyl/N-ethyl adjacent to an activating group) is 1. The van der Waals surface area contributed by atoms with Crippen LogP contribution < -0.4 is 5.32 Å². The quantitative estimate of drug-likeness (QED) is 0.834. The van der Waals surface area contributed by atoms with Gasteiger partial charge in [0.05, 0.1) is 5.69 Å². The first-order valence-electron chi connectivity index (χ1n) is 6.07. The highest BCUT2D eigenvalue weighted by Crippen LogP contribution is 2.26. The van der Waals surface area contributed by atoms with Crippen LogP contribution in [0.4, 0.5) is 0 Å². The summed E-state index contributed by atoms with van der Waals surface area (Å²) in [4.78, 5) is 6.93. The minimum absolute atomic E-state index is 0.527. The van der Waals surface area contributed by atoms with Gasteiger partial charge in [-0.25, -0.2) is 4.98 Å². The minimum Gasteiger partial charge on any atom is -0.448 e. The fourth-order valence-electron chi connectivity index (χ4n) is 2.13. The molecule has 0 aromatic carbocycles. The Morgan fingerprint density at radius 3 is 2.94 bits per heavy atom. The Kier molecular flexibility index (Phi) is 3.96. The second-order valence-electron chi connectivity index (χ2n) is 4.61. The smallest absolute Gasteiger partial charge is 0.197 e. The Labute approximate surface area is 97.0 Å². The van der Waals surface area contributed by atoms with E-state index in [0.29, 0.717) is 5.92 Å². The van der Waals surface area contributed by atoms with Crippen molar-refractivity contribution in [2.45, 2.75) is 25.2 Å². The monoisotopic (exact) mass is 223 g/mol. The lowest BCUT2D eigenvalue weighted by Crippen LogP contribution is -2.29. The zero-order chi connectivity index (χ0) is 11.4. The van der Waals surface area contributed by atoms with Crippen LogP contribution in [0.5, 0.6) is 0 Å². The summed E-state index contributed by atoms with van der Waals surface area (Å²) in [6.07, 6.45) is 5.10. The Bertz CT molecular complexity index is 316. The molecule has 4 nitrogen and oxygen atoms in total. The summed E-state index contributed by atoms with van der Waals surface area (Å²) in [6.45, 7) is 3.26. The molecule has 0 unspecified atom stereocenters. The number of rotatable bonds is 4. The molecule has 4 heteroatoms. The van der Waals surface area contributed by atoms with Gasteiger partial charge in [-0.2, -0.15) is 0 Å². The van der Waals surface area contributed by atoms with E-state index in [2.05, 4.69) is 22.2 Å². The number of aromatic nitrogens is 1. The fourth-order valence-corrected chi connectivity index (χ4v) is 2.13. The van der Waals surface area contributed by atoms with E-state index >= 15 is 0 Å². The average Bonchev–Trinajstić information content (AvgIpc) is 2.76. The average molecular weight is 223 g/mol. The van der Waals surface area contributed by atoms with Crippen LogP contribution in [0.25, 0.3) is 0 Å². The van der Waals surface area contributed by atoms with Crippen LogP contribution in [0.3, 0.4) is 0 Å². The van der Waals surface area contributed by atoms with Crippen LogP contribution in [-0.4, -0.2) is 43.6 Å². The van der Waals surface area contributed by atoms with Gasteiger partial charge in [-0.15, -0.1) is 0 Å². The molecule has 1 N–H and O–H groups in total. The summed E-state index contributed by atoms with van der Waals surface area (Å²) < 4.78 is 5.58. The van der Waals surface area contributed by atoms with E-state index in [-0.39, 0.29) is 0 Å². The van der Waals surface area contributed by atoms with Crippen LogP contribution in [0.2, 0.25) is 0 Å². The molecule has 1 aromatic rings. The molecule has 2 heterocycles. The van der Waals surface area contributed by atoms with E-state index < -0.39 is 0 Å². The maximum absolute atomic E-state index is 5.58. The van der Waals surface area contributed by atoms with Crippen LogP contribution in [0, 0.1) is 0 Å². The lowest BCUT2D eigenvalue weighted by molar-refractivity contribution is 0.237. The standard InChI is InChI=1S/C12H21N3O/c1-13-6-3-11-9-16-12(14-11)10-4-7-15(2)8-5-10/h9-10,13H,3-8H2,1-2H3. The van der Waals surface area contributed by atoms with Gasteiger partial charge in [0.25, 0.3) is 0 Å². The number of hydrogen-bond donors (Lipinski definition) is 1. The second kappa shape index (κ2) is 5.46. The summed E-state index contributed by atoms with van der Waals surface area (Å²) in [5.74, 6) is 1.47. The van der Waals surface area contributed by atoms with Crippen molar-refractivity contribution in [2.75, 3.05) is 33.7 Å². The molecular weight excluding hydrogens is 202 g/mol. The molecule has 16 heavy (non-hydrogen) atoms. The number of oxazole rings is 1. The summed E-state index contributed by atoms with van der Waals surface area (Å²) >= 11 is 0. The third-order valence-corrected chi connectivity index (χ3v) is 3.27. The summed E-state index contributed by atoms with van der Waals surface area (Å²) in [6, 6.07) is 0. The van der Waals surface area contributed by atoms with Gasteiger partial charge in [0.2, 0.25) is 0 Å². The van der Waals surface area contributed by atoms with Gasteiger partial charge in [-0.1, -0.05) is 0 Å². The molecule has 0 amide bonds. The molecule has 2 rings (SSSR count). The van der Waals surface area contributed by atoms with Gasteiger partial charge in [-0.05, 0) is 40.0 Å². The Morgan fingerprint density at radius 2 is 2.25 bits per heavy atom. The van der Waals surface area contributed by atoms with E-state index in [1.165, 1.54) is 12.8 Å². The number of nitrogens with one attached hydrogen (secondary N) is 1. The predicted molar refractivity (Wildman–Crippen MR) is 63.6 cm³/mol. The van der Waals surface area contributed by atoms with E-state index in [9.17, 15) is 0 Å². The first-order valence-corrected chi connectivity index (χ1v) is 6.07. The van der Waals surface area contributed by atoms with Crippen molar-refractivity contribution in [2.24, 2.45) is 0 Å². The van der Waals surface area contributed by atoms with Crippen LogP contribution >= 0.6 is 0 Å². The van der Waals surface area contributed by atoms with Gasteiger partial charge >= 0.3 is 0 Å². The number of hydrogen-bond acceptors (Lipinski definition) is 4. The van der Waals surface area contributed by atoms with Crippen molar-refractivity contribution >= 4 is 0 Å². The van der Waals surface area contributed by atoms with Gasteiger partial charge in [0, 0.05) is 18.9 Å². The van der Waals surface area contributed by atoms with E-state index in [1.54, 1.807) is 0 Å². The fraction of sp³-hybridized carbons (Fsp3) is 0.750. The minimum atomic E-state index is 0.527. The highest BCUT2D eigenvalue weighted by atomic mass is 16.3. The molecule has 0 saturated carbocycles. The topological polar surface area (TPSA) is 41.3 Å². The summed E-state index contributed by atoms with van der Waals surface area (Å²) in [5, 5.41) is 3.12. The van der Waals surface area contributed by atoms with Crippen LogP contribution in [0.15, 0.2) is 10.7 Å². The Morgan fingerprint density at radius 1 is 1.50 bits per heavy atom. The van der Waals surface area contributed by atoms with E-state index in [1.807, 2.05) is 13.3 Å². The number of likely N-dealkylation sites (tertiary alicyclic amines) is 1. The highest BCUT2D eigenvalue weighted by molar-refractivity contribution is 5.02. The molecule has 1 aliphatic rings. The Hall–Kier alpha value is -0.870. The molecule has 0 spiro atoms. The first-order chi connectivity index (χ1) is 7.79. The lowest BCUT2D eigenvalue weighted by Gasteiger charge is -2.26. The number of piperidine rings is 1. The Balaban J connectivity index is 1.91. The van der Waals surface area contributed by atoms with Crippen LogP contribution in [0.1, 0.15) is 30.3 Å². The molecule has 0 bridgehead atoms. The molecule has 1 fully saturated rings. The van der Waals surface area contributed by atoms with Gasteiger partial charge < -0.3 is 14.6 Å². The van der Waals surface area contributed by atoms with Crippen molar-refractivity contribution in [3.8, 4) is 0 Å². The van der Waals surface area contributed by atoms with E-state index in [4.69, 9.17) is 4.42 Å². The van der Waals surface area contributed by atoms with Crippen molar-refractivity contribution in [3.05, 3.63) is 17.8 Å². The molecule has 90 valence electrons. The SMILES string of the molecule is CNCCc1coc(C2CCN(C)CC2)n1. The maximum Gasteiger partial charge on any atom is 0.197 e. The largest absolute Gasteiger partial charge is 0.448 e. The zero-order valence-corrected chi connectivity index (χ0v) is 10.2. The number of nitrogens with zero attached hydrogens (tertiary/aromatic N) is 2. The molecule has 0 atom stereocenters. The van der Waals surface area contributed by atoms with Gasteiger partial charge in [0.1, 0.15) is 6.26 Å².